The van der Waals surface area contributed by atoms with Crippen LogP contribution in [0.4, 0.5) is 0 Å². The molecular formula is C23H14N4O2. The van der Waals surface area contributed by atoms with Crippen molar-refractivity contribution in [3.8, 4) is 11.8 Å². The molecule has 0 saturated heterocycles. The highest BCUT2D eigenvalue weighted by Gasteiger charge is 2.16. The molecule has 0 aliphatic carbocycles. The maximum absolute atomic E-state index is 12.9. The van der Waals surface area contributed by atoms with Gasteiger partial charge in [-0.15, -0.1) is 0 Å². The molecule has 2 aromatic heterocycles. The van der Waals surface area contributed by atoms with Gasteiger partial charge in [-0.2, -0.15) is 5.26 Å². The van der Waals surface area contributed by atoms with Crippen LogP contribution in [0.5, 0.6) is 0 Å². The van der Waals surface area contributed by atoms with E-state index in [2.05, 4.69) is 11.2 Å². The van der Waals surface area contributed by atoms with E-state index >= 15 is 0 Å². The molecule has 2 heterocycles. The predicted octanol–water partition coefficient (Wildman–Crippen LogP) is 3.83. The van der Waals surface area contributed by atoms with E-state index < -0.39 is 0 Å². The Hall–Kier alpha value is -4.37. The fourth-order valence-electron chi connectivity index (χ4n) is 3.62. The predicted molar refractivity (Wildman–Crippen MR) is 110 cm³/mol. The van der Waals surface area contributed by atoms with E-state index in [-0.39, 0.29) is 11.5 Å². The third-order valence-electron chi connectivity index (χ3n) is 5.01. The highest BCUT2D eigenvalue weighted by Crippen LogP contribution is 2.26. The molecule has 0 saturated carbocycles. The topological polar surface area (TPSA) is 83.6 Å². The van der Waals surface area contributed by atoms with E-state index in [1.165, 1.54) is 4.68 Å². The van der Waals surface area contributed by atoms with Crippen molar-refractivity contribution in [3.63, 3.8) is 0 Å². The Morgan fingerprint density at radius 2 is 1.66 bits per heavy atom. The van der Waals surface area contributed by atoms with Crippen LogP contribution in [0.1, 0.15) is 15.9 Å². The van der Waals surface area contributed by atoms with E-state index in [1.807, 2.05) is 41.0 Å². The van der Waals surface area contributed by atoms with Crippen LogP contribution in [0.15, 0.2) is 83.8 Å². The van der Waals surface area contributed by atoms with Crippen molar-refractivity contribution in [1.29, 1.82) is 5.26 Å². The lowest BCUT2D eigenvalue weighted by atomic mass is 10.2. The summed E-state index contributed by atoms with van der Waals surface area (Å²) >= 11 is 0. The van der Waals surface area contributed by atoms with Crippen molar-refractivity contribution in [2.24, 2.45) is 0 Å². The molecule has 6 heteroatoms. The molecular weight excluding hydrogens is 364 g/mol. The second kappa shape index (κ2) is 6.36. The van der Waals surface area contributed by atoms with Crippen molar-refractivity contribution in [1.82, 2.24) is 14.3 Å². The summed E-state index contributed by atoms with van der Waals surface area (Å²) in [6.07, 6.45) is 1.76. The van der Waals surface area contributed by atoms with Crippen molar-refractivity contribution in [2.45, 2.75) is 0 Å². The normalized spacial score (nSPS) is 11.0. The highest BCUT2D eigenvalue weighted by atomic mass is 16.2. The molecule has 0 spiro atoms. The van der Waals surface area contributed by atoms with E-state index in [0.29, 0.717) is 22.0 Å². The van der Waals surface area contributed by atoms with Crippen LogP contribution in [0.25, 0.3) is 27.5 Å². The minimum absolute atomic E-state index is 0.315. The van der Waals surface area contributed by atoms with Gasteiger partial charge in [-0.3, -0.25) is 14.7 Å². The number of aromatic amines is 1. The maximum Gasteiger partial charge on any atom is 0.277 e. The Balaban J connectivity index is 1.74. The van der Waals surface area contributed by atoms with Crippen molar-refractivity contribution in [2.75, 3.05) is 0 Å². The van der Waals surface area contributed by atoms with Crippen molar-refractivity contribution in [3.05, 3.63) is 100 Å². The zero-order valence-electron chi connectivity index (χ0n) is 15.2. The number of hydrogen-bond acceptors (Lipinski definition) is 3. The number of benzene rings is 3. The first kappa shape index (κ1) is 16.8. The Kier molecular flexibility index (Phi) is 3.68. The summed E-state index contributed by atoms with van der Waals surface area (Å²) in [6, 6.07) is 23.9. The quantitative estimate of drug-likeness (QED) is 0.507. The van der Waals surface area contributed by atoms with Crippen LogP contribution in [0.3, 0.4) is 0 Å². The number of aromatic nitrogens is 3. The van der Waals surface area contributed by atoms with Crippen LogP contribution in [0.2, 0.25) is 0 Å². The number of carbonyl (C=O) groups is 1. The SMILES string of the molecule is N#Cc1cn(-c2ccc3c(=O)[nH]n(C(=O)c4ccccc4)c3c2)c2ccccc12. The van der Waals surface area contributed by atoms with Gasteiger partial charge < -0.3 is 4.57 Å². The number of H-pyrrole nitrogens is 1. The van der Waals surface area contributed by atoms with E-state index in [4.69, 9.17) is 0 Å². The van der Waals surface area contributed by atoms with Crippen LogP contribution < -0.4 is 5.56 Å². The number of nitrogens with zero attached hydrogens (tertiary/aromatic N) is 3. The molecule has 29 heavy (non-hydrogen) atoms. The smallest absolute Gasteiger partial charge is 0.277 e. The lowest BCUT2D eigenvalue weighted by molar-refractivity contribution is 0.0950. The molecule has 5 aromatic rings. The lowest BCUT2D eigenvalue weighted by Crippen LogP contribution is -2.15. The number of nitriles is 1. The van der Waals surface area contributed by atoms with Gasteiger partial charge in [-0.05, 0) is 36.4 Å². The fraction of sp³-hybridized carbons (Fsp3) is 0. The van der Waals surface area contributed by atoms with Gasteiger partial charge in [0.15, 0.2) is 0 Å². The van der Waals surface area contributed by atoms with Crippen LogP contribution >= 0.6 is 0 Å². The van der Waals surface area contributed by atoms with Gasteiger partial charge in [-0.25, -0.2) is 4.68 Å². The Labute approximate surface area is 164 Å². The Morgan fingerprint density at radius 3 is 2.45 bits per heavy atom. The molecule has 0 aliphatic heterocycles. The molecule has 0 atom stereocenters. The zero-order chi connectivity index (χ0) is 20.0. The maximum atomic E-state index is 12.9. The number of carbonyl (C=O) groups excluding carboxylic acids is 1. The summed E-state index contributed by atoms with van der Waals surface area (Å²) in [4.78, 5) is 25.3. The second-order valence-electron chi connectivity index (χ2n) is 6.69. The van der Waals surface area contributed by atoms with Gasteiger partial charge in [-0.1, -0.05) is 36.4 Å². The molecule has 5 rings (SSSR count). The van der Waals surface area contributed by atoms with Crippen LogP contribution in [0, 0.1) is 11.3 Å². The summed E-state index contributed by atoms with van der Waals surface area (Å²) in [7, 11) is 0. The van der Waals surface area contributed by atoms with E-state index in [1.54, 1.807) is 42.6 Å². The second-order valence-corrected chi connectivity index (χ2v) is 6.69. The molecule has 1 N–H and O–H groups in total. The molecule has 0 unspecified atom stereocenters. The monoisotopic (exact) mass is 378 g/mol. The molecule has 6 nitrogen and oxygen atoms in total. The average molecular weight is 378 g/mol. The fourth-order valence-corrected chi connectivity index (χ4v) is 3.62. The third kappa shape index (κ3) is 2.57. The van der Waals surface area contributed by atoms with Gasteiger partial charge >= 0.3 is 0 Å². The standard InChI is InChI=1S/C23H14N4O2/c24-13-16-14-26(20-9-5-4-8-18(16)20)17-10-11-19-21(12-17)27(25-22(19)28)23(29)15-6-2-1-3-7-15/h1-12,14H,(H,25,28). The van der Waals surface area contributed by atoms with Gasteiger partial charge in [0, 0.05) is 22.8 Å². The molecule has 138 valence electrons. The van der Waals surface area contributed by atoms with Gasteiger partial charge in [0.1, 0.15) is 6.07 Å². The van der Waals surface area contributed by atoms with E-state index in [9.17, 15) is 14.9 Å². The summed E-state index contributed by atoms with van der Waals surface area (Å²) in [6.45, 7) is 0. The minimum Gasteiger partial charge on any atom is -0.315 e. The van der Waals surface area contributed by atoms with E-state index in [0.717, 1.165) is 16.6 Å². The minimum atomic E-state index is -0.328. The Morgan fingerprint density at radius 1 is 0.897 bits per heavy atom. The van der Waals surface area contributed by atoms with Gasteiger partial charge in [0.2, 0.25) is 0 Å². The van der Waals surface area contributed by atoms with Crippen molar-refractivity contribution >= 4 is 27.7 Å². The van der Waals surface area contributed by atoms with Crippen LogP contribution in [-0.2, 0) is 0 Å². The Bertz CT molecular complexity index is 1500. The first-order valence-electron chi connectivity index (χ1n) is 9.02. The van der Waals surface area contributed by atoms with Crippen LogP contribution in [-0.4, -0.2) is 20.3 Å². The molecule has 0 radical (unpaired) electrons. The first-order chi connectivity index (χ1) is 14.2. The lowest BCUT2D eigenvalue weighted by Gasteiger charge is -2.07. The van der Waals surface area contributed by atoms with Gasteiger partial charge in [0.25, 0.3) is 11.5 Å². The molecule has 0 bridgehead atoms. The largest absolute Gasteiger partial charge is 0.315 e. The van der Waals surface area contributed by atoms with Gasteiger partial charge in [0.05, 0.1) is 22.0 Å². The molecule has 0 amide bonds. The molecule has 0 fully saturated rings. The number of para-hydroxylation sites is 1. The third-order valence-corrected chi connectivity index (χ3v) is 5.01. The molecule has 3 aromatic carbocycles. The zero-order valence-corrected chi connectivity index (χ0v) is 15.2. The summed E-state index contributed by atoms with van der Waals surface area (Å²) in [5.74, 6) is -0.315. The number of rotatable bonds is 2. The summed E-state index contributed by atoms with van der Waals surface area (Å²) in [5.41, 5.74) is 2.83. The molecule has 0 aliphatic rings. The summed E-state index contributed by atoms with van der Waals surface area (Å²) < 4.78 is 3.16. The van der Waals surface area contributed by atoms with Crippen molar-refractivity contribution < 1.29 is 4.79 Å². The average Bonchev–Trinajstić information content (AvgIpc) is 3.31. The number of hydrogen-bond donors (Lipinski definition) is 1. The summed E-state index contributed by atoms with van der Waals surface area (Å²) in [5, 5.41) is 13.4. The number of nitrogens with one attached hydrogen (secondary N) is 1. The first-order valence-corrected chi connectivity index (χ1v) is 9.02. The number of fused-ring (bicyclic) bond motifs is 2. The highest BCUT2D eigenvalue weighted by molar-refractivity contribution is 6.01.